The first-order valence-electron chi connectivity index (χ1n) is 7.71. The van der Waals surface area contributed by atoms with E-state index in [9.17, 15) is 5.21 Å². The van der Waals surface area contributed by atoms with Crippen LogP contribution in [0.25, 0.3) is 0 Å². The Balaban J connectivity index is 1.87. The third-order valence-electron chi connectivity index (χ3n) is 4.10. The molecule has 7 nitrogen and oxygen atoms in total. The molecular weight excluding hydrogens is 318 g/mol. The predicted molar refractivity (Wildman–Crippen MR) is 93.0 cm³/mol. The Morgan fingerprint density at radius 2 is 1.84 bits per heavy atom. The van der Waals surface area contributed by atoms with Gasteiger partial charge in [-0.3, -0.25) is 0 Å². The van der Waals surface area contributed by atoms with Gasteiger partial charge >= 0.3 is 0 Å². The van der Waals surface area contributed by atoms with Gasteiger partial charge in [-0.1, -0.05) is 35.5 Å². The maximum absolute atomic E-state index is 9.74. The summed E-state index contributed by atoms with van der Waals surface area (Å²) < 4.78 is 6.85. The van der Waals surface area contributed by atoms with Crippen LogP contribution in [-0.4, -0.2) is 38.5 Å². The van der Waals surface area contributed by atoms with Crippen LogP contribution in [0, 0.1) is 0 Å². The number of methoxy groups -OCH3 is 1. The normalized spacial score (nSPS) is 17.9. The van der Waals surface area contributed by atoms with E-state index in [0.29, 0.717) is 17.4 Å². The maximum Gasteiger partial charge on any atom is 0.249 e. The Hall–Kier alpha value is -3.48. The number of rotatable bonds is 3. The van der Waals surface area contributed by atoms with Gasteiger partial charge in [0.05, 0.1) is 7.11 Å². The fourth-order valence-corrected chi connectivity index (χ4v) is 2.91. The molecule has 3 aromatic rings. The fraction of sp³-hybridized carbons (Fsp3) is 0.111. The molecule has 1 aliphatic rings. The first-order chi connectivity index (χ1) is 12.3. The lowest BCUT2D eigenvalue weighted by Gasteiger charge is -2.24. The molecule has 0 amide bonds. The molecule has 2 heterocycles. The van der Waals surface area contributed by atoms with Gasteiger partial charge in [0.25, 0.3) is 0 Å². The highest BCUT2D eigenvalue weighted by Gasteiger charge is 2.33. The Morgan fingerprint density at radius 1 is 1.08 bits per heavy atom. The second kappa shape index (κ2) is 6.20. The molecule has 0 saturated carbocycles. The summed E-state index contributed by atoms with van der Waals surface area (Å²) >= 11 is 0. The Bertz CT molecular complexity index is 945. The predicted octanol–water partition coefficient (Wildman–Crippen LogP) is 2.84. The molecule has 7 heteroatoms. The van der Waals surface area contributed by atoms with E-state index in [-0.39, 0.29) is 0 Å². The van der Waals surface area contributed by atoms with Crippen molar-refractivity contribution in [3.63, 3.8) is 0 Å². The average Bonchev–Trinajstić information content (AvgIpc) is 3.15. The molecule has 0 radical (unpaired) electrons. The third kappa shape index (κ3) is 2.55. The number of oxime groups is 1. The summed E-state index contributed by atoms with van der Waals surface area (Å²) in [5.41, 5.74) is 2.71. The molecule has 1 aliphatic heterocycles. The van der Waals surface area contributed by atoms with Crippen LogP contribution in [0.5, 0.6) is 5.75 Å². The number of aliphatic imine (C=N–C) groups is 1. The summed E-state index contributed by atoms with van der Waals surface area (Å²) in [6.45, 7) is 0. The molecule has 1 atom stereocenters. The SMILES string of the molecule is COc1ccc(C2=Nc3ncnn3C(c3ccccc3)/C2=N\O)cc1. The zero-order valence-corrected chi connectivity index (χ0v) is 13.4. The molecule has 0 bridgehead atoms. The van der Waals surface area contributed by atoms with E-state index in [4.69, 9.17) is 4.74 Å². The lowest BCUT2D eigenvalue weighted by molar-refractivity contribution is 0.316. The van der Waals surface area contributed by atoms with Crippen LogP contribution >= 0.6 is 0 Å². The van der Waals surface area contributed by atoms with Gasteiger partial charge in [0.2, 0.25) is 5.95 Å². The lowest BCUT2D eigenvalue weighted by atomic mass is 9.94. The summed E-state index contributed by atoms with van der Waals surface area (Å²) in [4.78, 5) is 8.75. The van der Waals surface area contributed by atoms with Crippen molar-refractivity contribution in [2.75, 3.05) is 7.11 Å². The molecule has 124 valence electrons. The summed E-state index contributed by atoms with van der Waals surface area (Å²) in [6, 6.07) is 16.7. The number of fused-ring (bicyclic) bond motifs is 1. The van der Waals surface area contributed by atoms with Crippen LogP contribution in [-0.2, 0) is 0 Å². The van der Waals surface area contributed by atoms with E-state index in [1.165, 1.54) is 6.33 Å². The second-order valence-electron chi connectivity index (χ2n) is 5.49. The van der Waals surface area contributed by atoms with Gasteiger partial charge in [0.1, 0.15) is 29.5 Å². The molecule has 1 aromatic heterocycles. The molecule has 25 heavy (non-hydrogen) atoms. The molecule has 0 spiro atoms. The molecule has 1 N–H and O–H groups in total. The minimum Gasteiger partial charge on any atom is -0.497 e. The van der Waals surface area contributed by atoms with Crippen molar-refractivity contribution in [1.29, 1.82) is 0 Å². The summed E-state index contributed by atoms with van der Waals surface area (Å²) in [5.74, 6) is 1.21. The van der Waals surface area contributed by atoms with Crippen LogP contribution in [0.2, 0.25) is 0 Å². The van der Waals surface area contributed by atoms with Crippen LogP contribution in [0.15, 0.2) is 71.1 Å². The van der Waals surface area contributed by atoms with Crippen molar-refractivity contribution < 1.29 is 9.94 Å². The Kier molecular flexibility index (Phi) is 3.74. The van der Waals surface area contributed by atoms with Crippen molar-refractivity contribution in [2.24, 2.45) is 10.1 Å². The van der Waals surface area contributed by atoms with E-state index in [1.54, 1.807) is 11.8 Å². The van der Waals surface area contributed by atoms with Crippen molar-refractivity contribution in [1.82, 2.24) is 14.8 Å². The molecule has 4 rings (SSSR count). The van der Waals surface area contributed by atoms with Crippen molar-refractivity contribution in [3.05, 3.63) is 72.1 Å². The van der Waals surface area contributed by atoms with Crippen molar-refractivity contribution in [3.8, 4) is 5.75 Å². The van der Waals surface area contributed by atoms with Crippen molar-refractivity contribution in [2.45, 2.75) is 6.04 Å². The number of hydrogen-bond donors (Lipinski definition) is 1. The third-order valence-corrected chi connectivity index (χ3v) is 4.10. The van der Waals surface area contributed by atoms with Crippen LogP contribution < -0.4 is 4.74 Å². The Labute approximate surface area is 143 Å². The first kappa shape index (κ1) is 15.1. The average molecular weight is 333 g/mol. The zero-order valence-electron chi connectivity index (χ0n) is 13.4. The molecular formula is C18H15N5O2. The summed E-state index contributed by atoms with van der Waals surface area (Å²) in [5, 5.41) is 17.5. The highest BCUT2D eigenvalue weighted by atomic mass is 16.5. The largest absolute Gasteiger partial charge is 0.497 e. The number of nitrogens with zero attached hydrogens (tertiary/aromatic N) is 5. The minimum absolute atomic E-state index is 0.404. The zero-order chi connectivity index (χ0) is 17.2. The fourth-order valence-electron chi connectivity index (χ4n) is 2.91. The molecule has 1 unspecified atom stereocenters. The summed E-state index contributed by atoms with van der Waals surface area (Å²) in [7, 11) is 1.61. The number of benzene rings is 2. The molecule has 2 aromatic carbocycles. The monoisotopic (exact) mass is 333 g/mol. The highest BCUT2D eigenvalue weighted by molar-refractivity contribution is 6.50. The second-order valence-corrected chi connectivity index (χ2v) is 5.49. The standard InChI is InChI=1S/C18H15N5O2/c1-25-14-9-7-12(8-10-14)15-16(22-24)17(13-5-3-2-4-6-13)23-18(21-15)19-11-20-23/h2-11,17,24H,1H3/b22-16-. The quantitative estimate of drug-likeness (QED) is 0.590. The molecule has 0 saturated heterocycles. The van der Waals surface area contributed by atoms with E-state index in [0.717, 1.165) is 16.9 Å². The molecule has 0 aliphatic carbocycles. The van der Waals surface area contributed by atoms with Gasteiger partial charge < -0.3 is 9.94 Å². The number of aromatic nitrogens is 3. The summed E-state index contributed by atoms with van der Waals surface area (Å²) in [6.07, 6.45) is 1.45. The van der Waals surface area contributed by atoms with Gasteiger partial charge in [0, 0.05) is 5.56 Å². The topological polar surface area (TPSA) is 84.9 Å². The van der Waals surface area contributed by atoms with Crippen LogP contribution in [0.4, 0.5) is 5.95 Å². The van der Waals surface area contributed by atoms with Gasteiger partial charge in [-0.15, -0.1) is 0 Å². The van der Waals surface area contributed by atoms with Gasteiger partial charge in [0.15, 0.2) is 0 Å². The van der Waals surface area contributed by atoms with Gasteiger partial charge in [-0.25, -0.2) is 9.67 Å². The minimum atomic E-state index is -0.404. The lowest BCUT2D eigenvalue weighted by Crippen LogP contribution is -2.32. The highest BCUT2D eigenvalue weighted by Crippen LogP contribution is 2.30. The van der Waals surface area contributed by atoms with E-state index in [2.05, 4.69) is 20.2 Å². The molecule has 0 fully saturated rings. The number of ether oxygens (including phenoxy) is 1. The van der Waals surface area contributed by atoms with Crippen molar-refractivity contribution >= 4 is 17.4 Å². The smallest absolute Gasteiger partial charge is 0.249 e. The van der Waals surface area contributed by atoms with Gasteiger partial charge in [-0.2, -0.15) is 10.1 Å². The van der Waals surface area contributed by atoms with Crippen LogP contribution in [0.3, 0.4) is 0 Å². The maximum atomic E-state index is 9.74. The van der Waals surface area contributed by atoms with Crippen LogP contribution in [0.1, 0.15) is 17.2 Å². The Morgan fingerprint density at radius 3 is 2.52 bits per heavy atom. The van der Waals surface area contributed by atoms with E-state index < -0.39 is 6.04 Å². The first-order valence-corrected chi connectivity index (χ1v) is 7.71. The van der Waals surface area contributed by atoms with E-state index in [1.807, 2.05) is 54.6 Å². The van der Waals surface area contributed by atoms with E-state index >= 15 is 0 Å². The van der Waals surface area contributed by atoms with Gasteiger partial charge in [-0.05, 0) is 29.8 Å². The number of hydrogen-bond acceptors (Lipinski definition) is 6.